The molecular weight excluding hydrogens is 336 g/mol. The second-order valence-electron chi connectivity index (χ2n) is 7.62. The molecule has 0 spiro atoms. The Morgan fingerprint density at radius 3 is 2.36 bits per heavy atom. The van der Waals surface area contributed by atoms with Gasteiger partial charge in [-0.05, 0) is 42.5 Å². The number of hydrogen-bond donors (Lipinski definition) is 2. The van der Waals surface area contributed by atoms with E-state index in [2.05, 4.69) is 10.0 Å². The van der Waals surface area contributed by atoms with E-state index < -0.39 is 10.0 Å². The number of carbonyl (C=O) groups excluding carboxylic acids is 1. The lowest BCUT2D eigenvalue weighted by Gasteiger charge is -2.21. The number of nitrogens with one attached hydrogen (secondary N) is 2. The highest BCUT2D eigenvalue weighted by Gasteiger charge is 2.34. The highest BCUT2D eigenvalue weighted by Crippen LogP contribution is 2.38. The Balaban J connectivity index is 1.82. The average molecular weight is 365 g/mol. The Hall–Kier alpha value is -1.40. The van der Waals surface area contributed by atoms with Crippen LogP contribution in [0.5, 0.6) is 0 Å². The molecule has 138 valence electrons. The first-order chi connectivity index (χ1) is 11.9. The zero-order chi connectivity index (χ0) is 18.0. The van der Waals surface area contributed by atoms with Crippen molar-refractivity contribution < 1.29 is 13.2 Å². The first-order valence-corrected chi connectivity index (χ1v) is 10.8. The second-order valence-corrected chi connectivity index (χ2v) is 9.34. The van der Waals surface area contributed by atoms with Gasteiger partial charge >= 0.3 is 0 Å². The highest BCUT2D eigenvalue weighted by molar-refractivity contribution is 7.89. The Labute approximate surface area is 150 Å². The van der Waals surface area contributed by atoms with E-state index in [4.69, 9.17) is 0 Å². The van der Waals surface area contributed by atoms with Crippen LogP contribution in [0.2, 0.25) is 0 Å². The lowest BCUT2D eigenvalue weighted by atomic mass is 9.90. The molecule has 6 heteroatoms. The molecule has 0 bridgehead atoms. The smallest absolute Gasteiger partial charge is 0.240 e. The fourth-order valence-corrected chi connectivity index (χ4v) is 5.29. The molecule has 0 radical (unpaired) electrons. The molecule has 5 nitrogen and oxygen atoms in total. The van der Waals surface area contributed by atoms with Crippen LogP contribution in [0, 0.1) is 5.92 Å². The van der Waals surface area contributed by atoms with Crippen molar-refractivity contribution in [2.75, 3.05) is 5.32 Å². The quantitative estimate of drug-likeness (QED) is 0.854. The fourth-order valence-electron chi connectivity index (χ4n) is 3.95. The average Bonchev–Trinajstić information content (AvgIpc) is 2.84. The van der Waals surface area contributed by atoms with Crippen molar-refractivity contribution in [2.24, 2.45) is 5.92 Å². The molecule has 0 unspecified atom stereocenters. The molecule has 2 N–H and O–H groups in total. The Kier molecular flexibility index (Phi) is 5.49. The Bertz CT molecular complexity index is 735. The molecule has 0 saturated heterocycles. The highest BCUT2D eigenvalue weighted by atomic mass is 32.2. The molecule has 1 saturated carbocycles. The molecule has 1 amide bonds. The van der Waals surface area contributed by atoms with E-state index in [0.717, 1.165) is 36.9 Å². The molecule has 3 rings (SSSR count). The van der Waals surface area contributed by atoms with Gasteiger partial charge in [0.2, 0.25) is 15.9 Å². The van der Waals surface area contributed by atoms with Crippen LogP contribution < -0.4 is 10.0 Å². The maximum atomic E-state index is 12.8. The fraction of sp³-hybridized carbons (Fsp3) is 0.632. The summed E-state index contributed by atoms with van der Waals surface area (Å²) in [6.07, 6.45) is 7.57. The van der Waals surface area contributed by atoms with Crippen LogP contribution in [-0.2, 0) is 14.8 Å². The number of benzene rings is 1. The largest absolute Gasteiger partial charge is 0.325 e. The molecule has 25 heavy (non-hydrogen) atoms. The van der Waals surface area contributed by atoms with Gasteiger partial charge in [-0.3, -0.25) is 4.79 Å². The molecule has 1 aromatic rings. The number of hydrogen-bond acceptors (Lipinski definition) is 3. The topological polar surface area (TPSA) is 75.3 Å². The van der Waals surface area contributed by atoms with Crippen LogP contribution in [0.1, 0.15) is 70.3 Å². The summed E-state index contributed by atoms with van der Waals surface area (Å²) < 4.78 is 28.6. The van der Waals surface area contributed by atoms with Crippen LogP contribution in [0.4, 0.5) is 5.69 Å². The molecule has 0 aromatic heterocycles. The molecule has 2 aliphatic rings. The van der Waals surface area contributed by atoms with Crippen molar-refractivity contribution in [3.05, 3.63) is 23.8 Å². The summed E-state index contributed by atoms with van der Waals surface area (Å²) in [7, 11) is -3.57. The summed E-state index contributed by atoms with van der Waals surface area (Å²) >= 11 is 0. The van der Waals surface area contributed by atoms with Gasteiger partial charge in [0, 0.05) is 11.7 Å². The monoisotopic (exact) mass is 364 g/mol. The summed E-state index contributed by atoms with van der Waals surface area (Å²) in [5, 5.41) is 2.85. The van der Waals surface area contributed by atoms with E-state index in [1.807, 2.05) is 13.8 Å². The van der Waals surface area contributed by atoms with Gasteiger partial charge in [-0.1, -0.05) is 46.0 Å². The van der Waals surface area contributed by atoms with Crippen molar-refractivity contribution >= 4 is 21.6 Å². The van der Waals surface area contributed by atoms with E-state index >= 15 is 0 Å². The van der Waals surface area contributed by atoms with Gasteiger partial charge in [-0.2, -0.15) is 0 Å². The van der Waals surface area contributed by atoms with E-state index in [0.29, 0.717) is 0 Å². The molecule has 1 heterocycles. The number of rotatable bonds is 4. The first kappa shape index (κ1) is 18.4. The molecule has 1 aliphatic carbocycles. The lowest BCUT2D eigenvalue weighted by Crippen LogP contribution is -2.35. The zero-order valence-electron chi connectivity index (χ0n) is 15.0. The lowest BCUT2D eigenvalue weighted by molar-refractivity contribution is -0.117. The van der Waals surface area contributed by atoms with Crippen LogP contribution in [0.15, 0.2) is 23.1 Å². The zero-order valence-corrected chi connectivity index (χ0v) is 15.9. The van der Waals surface area contributed by atoms with Gasteiger partial charge < -0.3 is 5.32 Å². The number of sulfonamides is 1. The summed E-state index contributed by atoms with van der Waals surface area (Å²) in [6.45, 7) is 3.96. The third-order valence-corrected chi connectivity index (χ3v) is 6.82. The standard InChI is InChI=1S/C19H28N2O3S/c1-13(2)18-16-12-15(10-11-17(16)20-19(18)22)25(23,24)21-14-8-6-4-3-5-7-9-14/h10-14,18,21H,3-9H2,1-2H3,(H,20,22)/t18-/m0/s1. The van der Waals surface area contributed by atoms with Crippen LogP contribution in [0.25, 0.3) is 0 Å². The Morgan fingerprint density at radius 1 is 1.08 bits per heavy atom. The van der Waals surface area contributed by atoms with Crippen LogP contribution in [0.3, 0.4) is 0 Å². The SMILES string of the molecule is CC(C)[C@@H]1C(=O)Nc2ccc(S(=O)(=O)NC3CCCCCCC3)cc21. The minimum absolute atomic E-state index is 0.0132. The summed E-state index contributed by atoms with van der Waals surface area (Å²) in [5.74, 6) is -0.211. The second kappa shape index (κ2) is 7.46. The Morgan fingerprint density at radius 2 is 1.72 bits per heavy atom. The molecular formula is C19H28N2O3S. The number of fused-ring (bicyclic) bond motifs is 1. The van der Waals surface area contributed by atoms with Crippen molar-refractivity contribution in [1.82, 2.24) is 4.72 Å². The van der Waals surface area contributed by atoms with Gasteiger partial charge in [0.25, 0.3) is 0 Å². The maximum absolute atomic E-state index is 12.8. The van der Waals surface area contributed by atoms with E-state index in [1.54, 1.807) is 18.2 Å². The molecule has 1 aliphatic heterocycles. The third-order valence-electron chi connectivity index (χ3n) is 5.30. The summed E-state index contributed by atoms with van der Waals surface area (Å²) in [5.41, 5.74) is 1.52. The summed E-state index contributed by atoms with van der Waals surface area (Å²) in [6, 6.07) is 4.98. The van der Waals surface area contributed by atoms with Gasteiger partial charge in [0.1, 0.15) is 0 Å². The van der Waals surface area contributed by atoms with Crippen LogP contribution in [-0.4, -0.2) is 20.4 Å². The van der Waals surface area contributed by atoms with Crippen molar-refractivity contribution in [1.29, 1.82) is 0 Å². The van der Waals surface area contributed by atoms with Gasteiger partial charge in [0.05, 0.1) is 10.8 Å². The van der Waals surface area contributed by atoms with Crippen LogP contribution >= 0.6 is 0 Å². The maximum Gasteiger partial charge on any atom is 0.240 e. The van der Waals surface area contributed by atoms with Crippen molar-refractivity contribution in [3.63, 3.8) is 0 Å². The van der Waals surface area contributed by atoms with Crippen molar-refractivity contribution in [2.45, 2.75) is 75.6 Å². The van der Waals surface area contributed by atoms with Gasteiger partial charge in [-0.25, -0.2) is 13.1 Å². The minimum atomic E-state index is -3.57. The molecule has 1 atom stereocenters. The van der Waals surface area contributed by atoms with Crippen molar-refractivity contribution in [3.8, 4) is 0 Å². The minimum Gasteiger partial charge on any atom is -0.325 e. The van der Waals surface area contributed by atoms with E-state index in [1.165, 1.54) is 19.3 Å². The van der Waals surface area contributed by atoms with E-state index in [9.17, 15) is 13.2 Å². The van der Waals surface area contributed by atoms with Gasteiger partial charge in [0.15, 0.2) is 0 Å². The first-order valence-electron chi connectivity index (χ1n) is 9.35. The number of carbonyl (C=O) groups is 1. The molecule has 1 aromatic carbocycles. The predicted octanol–water partition coefficient (Wildman–Crippen LogP) is 3.77. The number of anilines is 1. The summed E-state index contributed by atoms with van der Waals surface area (Å²) in [4.78, 5) is 12.4. The number of amides is 1. The molecule has 1 fully saturated rings. The normalized spacial score (nSPS) is 22.4. The predicted molar refractivity (Wildman–Crippen MR) is 99.1 cm³/mol. The van der Waals surface area contributed by atoms with Gasteiger partial charge in [-0.15, -0.1) is 0 Å². The van der Waals surface area contributed by atoms with E-state index in [-0.39, 0.29) is 28.7 Å². The third kappa shape index (κ3) is 4.06.